The Kier molecular flexibility index (Phi) is 4.38. The van der Waals surface area contributed by atoms with Crippen LogP contribution in [0.4, 0.5) is 0 Å². The summed E-state index contributed by atoms with van der Waals surface area (Å²) < 4.78 is 0. The van der Waals surface area contributed by atoms with Gasteiger partial charge < -0.3 is 0 Å². The number of aromatic nitrogens is 1. The minimum atomic E-state index is 0.892. The normalized spacial score (nSPS) is 25.6. The highest BCUT2D eigenvalue weighted by Crippen LogP contribution is 2.32. The van der Waals surface area contributed by atoms with E-state index in [0.29, 0.717) is 0 Å². The molecule has 0 amide bonds. The Morgan fingerprint density at radius 3 is 2.50 bits per heavy atom. The Balaban J connectivity index is 1.77. The second kappa shape index (κ2) is 6.03. The first-order valence-electron chi connectivity index (χ1n) is 6.78. The van der Waals surface area contributed by atoms with E-state index in [-0.39, 0.29) is 0 Å². The Morgan fingerprint density at radius 2 is 1.88 bits per heavy atom. The minimum absolute atomic E-state index is 0.892. The van der Waals surface area contributed by atoms with Crippen molar-refractivity contribution < 1.29 is 0 Å². The summed E-state index contributed by atoms with van der Waals surface area (Å²) in [6.45, 7) is 2.31. The zero-order valence-electron chi connectivity index (χ0n) is 10.4. The van der Waals surface area contributed by atoms with Gasteiger partial charge in [-0.05, 0) is 43.2 Å². The van der Waals surface area contributed by atoms with E-state index in [1.54, 1.807) is 0 Å². The molecule has 0 aromatic carbocycles. The Hall–Kier alpha value is -0.850. The van der Waals surface area contributed by atoms with Gasteiger partial charge in [0.1, 0.15) is 0 Å². The van der Waals surface area contributed by atoms with E-state index in [0.717, 1.165) is 11.8 Å². The Bertz CT molecular complexity index is 286. The summed E-state index contributed by atoms with van der Waals surface area (Å²) in [5.74, 6) is 1.91. The third kappa shape index (κ3) is 3.33. The van der Waals surface area contributed by atoms with E-state index in [4.69, 9.17) is 0 Å². The summed E-state index contributed by atoms with van der Waals surface area (Å²) in [4.78, 5) is 4.43. The number of nitrogens with zero attached hydrogens (tertiary/aromatic N) is 1. The molecule has 16 heavy (non-hydrogen) atoms. The fraction of sp³-hybridized carbons (Fsp3) is 0.667. The van der Waals surface area contributed by atoms with Gasteiger partial charge in [-0.15, -0.1) is 0 Å². The molecular formula is C15H23N. The predicted octanol–water partition coefficient (Wildman–Crippen LogP) is 4.23. The summed E-state index contributed by atoms with van der Waals surface area (Å²) in [7, 11) is 0. The molecule has 0 aliphatic heterocycles. The number of hydrogen-bond donors (Lipinski definition) is 0. The average Bonchev–Trinajstić information content (AvgIpc) is 2.33. The molecule has 0 bridgehead atoms. The molecule has 1 aromatic rings. The zero-order chi connectivity index (χ0) is 11.2. The standard InChI is InChI=1S/C15H23N/c1-2-5-13-7-9-14(10-8-13)12-15-6-3-4-11-16-15/h3-4,6,11,13-14H,2,5,7-10,12H2,1H3. The van der Waals surface area contributed by atoms with Gasteiger partial charge in [0, 0.05) is 11.9 Å². The lowest BCUT2D eigenvalue weighted by Crippen LogP contribution is -2.16. The van der Waals surface area contributed by atoms with Crippen molar-refractivity contribution in [1.82, 2.24) is 4.98 Å². The van der Waals surface area contributed by atoms with Crippen LogP contribution in [0.1, 0.15) is 51.1 Å². The monoisotopic (exact) mass is 217 g/mol. The Labute approximate surface area is 99.3 Å². The summed E-state index contributed by atoms with van der Waals surface area (Å²) >= 11 is 0. The van der Waals surface area contributed by atoms with Crippen LogP contribution in [0, 0.1) is 11.8 Å². The second-order valence-corrected chi connectivity index (χ2v) is 5.20. The molecule has 88 valence electrons. The SMILES string of the molecule is CCCC1CCC(Cc2ccccn2)CC1. The second-order valence-electron chi connectivity index (χ2n) is 5.20. The highest BCUT2D eigenvalue weighted by atomic mass is 14.7. The molecule has 1 aliphatic rings. The van der Waals surface area contributed by atoms with E-state index < -0.39 is 0 Å². The largest absolute Gasteiger partial charge is 0.261 e. The van der Waals surface area contributed by atoms with Crippen LogP contribution >= 0.6 is 0 Å². The Morgan fingerprint density at radius 1 is 1.12 bits per heavy atom. The third-order valence-electron chi connectivity index (χ3n) is 3.89. The molecule has 2 rings (SSSR count). The smallest absolute Gasteiger partial charge is 0.0406 e. The molecule has 0 saturated heterocycles. The van der Waals surface area contributed by atoms with Gasteiger partial charge >= 0.3 is 0 Å². The van der Waals surface area contributed by atoms with Crippen LogP contribution in [0.3, 0.4) is 0 Å². The van der Waals surface area contributed by atoms with Gasteiger partial charge in [-0.1, -0.05) is 38.7 Å². The summed E-state index contributed by atoms with van der Waals surface area (Å²) in [6, 6.07) is 6.27. The molecule has 0 atom stereocenters. The van der Waals surface area contributed by atoms with Gasteiger partial charge in [-0.2, -0.15) is 0 Å². The van der Waals surface area contributed by atoms with Gasteiger partial charge in [0.25, 0.3) is 0 Å². The van der Waals surface area contributed by atoms with Gasteiger partial charge in [0.05, 0.1) is 0 Å². The molecule has 1 aromatic heterocycles. The molecule has 0 spiro atoms. The molecule has 1 heterocycles. The quantitative estimate of drug-likeness (QED) is 0.735. The molecule has 1 saturated carbocycles. The summed E-state index contributed by atoms with van der Waals surface area (Å²) in [5.41, 5.74) is 1.28. The van der Waals surface area contributed by atoms with Crippen molar-refractivity contribution >= 4 is 0 Å². The predicted molar refractivity (Wildman–Crippen MR) is 68.3 cm³/mol. The van der Waals surface area contributed by atoms with E-state index in [9.17, 15) is 0 Å². The van der Waals surface area contributed by atoms with Crippen LogP contribution in [0.2, 0.25) is 0 Å². The van der Waals surface area contributed by atoms with Crippen LogP contribution in [0.5, 0.6) is 0 Å². The molecule has 1 heteroatoms. The lowest BCUT2D eigenvalue weighted by Gasteiger charge is -2.28. The molecular weight excluding hydrogens is 194 g/mol. The van der Waals surface area contributed by atoms with Crippen LogP contribution in [-0.2, 0) is 6.42 Å². The molecule has 1 fully saturated rings. The third-order valence-corrected chi connectivity index (χ3v) is 3.89. The summed E-state index contributed by atoms with van der Waals surface area (Å²) in [6.07, 6.45) is 11.6. The average molecular weight is 217 g/mol. The van der Waals surface area contributed by atoms with Crippen molar-refractivity contribution in [3.63, 3.8) is 0 Å². The van der Waals surface area contributed by atoms with Gasteiger partial charge in [0.15, 0.2) is 0 Å². The van der Waals surface area contributed by atoms with Crippen molar-refractivity contribution in [3.05, 3.63) is 30.1 Å². The molecule has 1 aliphatic carbocycles. The zero-order valence-corrected chi connectivity index (χ0v) is 10.4. The van der Waals surface area contributed by atoms with Gasteiger partial charge in [-0.25, -0.2) is 0 Å². The topological polar surface area (TPSA) is 12.9 Å². The van der Waals surface area contributed by atoms with Crippen molar-refractivity contribution in [3.8, 4) is 0 Å². The number of hydrogen-bond acceptors (Lipinski definition) is 1. The lowest BCUT2D eigenvalue weighted by molar-refractivity contribution is 0.260. The van der Waals surface area contributed by atoms with Crippen molar-refractivity contribution in [2.45, 2.75) is 51.9 Å². The first-order valence-corrected chi connectivity index (χ1v) is 6.78. The van der Waals surface area contributed by atoms with Crippen molar-refractivity contribution in [1.29, 1.82) is 0 Å². The molecule has 1 nitrogen and oxygen atoms in total. The minimum Gasteiger partial charge on any atom is -0.261 e. The van der Waals surface area contributed by atoms with E-state index >= 15 is 0 Å². The van der Waals surface area contributed by atoms with E-state index in [1.165, 1.54) is 50.6 Å². The van der Waals surface area contributed by atoms with Gasteiger partial charge in [0.2, 0.25) is 0 Å². The van der Waals surface area contributed by atoms with Crippen molar-refractivity contribution in [2.24, 2.45) is 11.8 Å². The number of pyridine rings is 1. The maximum Gasteiger partial charge on any atom is 0.0406 e. The molecule has 0 N–H and O–H groups in total. The maximum absolute atomic E-state index is 4.43. The summed E-state index contributed by atoms with van der Waals surface area (Å²) in [5, 5.41) is 0. The van der Waals surface area contributed by atoms with Crippen LogP contribution in [0.25, 0.3) is 0 Å². The number of rotatable bonds is 4. The maximum atomic E-state index is 4.43. The molecule has 0 unspecified atom stereocenters. The van der Waals surface area contributed by atoms with Crippen LogP contribution < -0.4 is 0 Å². The van der Waals surface area contributed by atoms with Crippen molar-refractivity contribution in [2.75, 3.05) is 0 Å². The lowest BCUT2D eigenvalue weighted by atomic mass is 9.78. The highest BCUT2D eigenvalue weighted by Gasteiger charge is 2.20. The molecule has 0 radical (unpaired) electrons. The van der Waals surface area contributed by atoms with Crippen LogP contribution in [0.15, 0.2) is 24.4 Å². The van der Waals surface area contributed by atoms with Crippen LogP contribution in [-0.4, -0.2) is 4.98 Å². The fourth-order valence-electron chi connectivity index (χ4n) is 2.95. The first kappa shape index (κ1) is 11.6. The van der Waals surface area contributed by atoms with E-state index in [1.807, 2.05) is 12.3 Å². The van der Waals surface area contributed by atoms with E-state index in [2.05, 4.69) is 24.0 Å². The first-order chi connectivity index (χ1) is 7.88. The van der Waals surface area contributed by atoms with Gasteiger partial charge in [-0.3, -0.25) is 4.98 Å². The fourth-order valence-corrected chi connectivity index (χ4v) is 2.95. The highest BCUT2D eigenvalue weighted by molar-refractivity contribution is 5.04.